The van der Waals surface area contributed by atoms with E-state index >= 15 is 0 Å². The number of hydrogen-bond donors (Lipinski definition) is 1. The number of fused-ring (bicyclic) bond motifs is 6. The van der Waals surface area contributed by atoms with Crippen molar-refractivity contribution < 1.29 is 14.4 Å². The van der Waals surface area contributed by atoms with Gasteiger partial charge in [0.25, 0.3) is 0 Å². The predicted octanol–water partition coefficient (Wildman–Crippen LogP) is 7.50. The fourth-order valence-electron chi connectivity index (χ4n) is 7.57. The normalized spacial score (nSPS) is 23.6. The van der Waals surface area contributed by atoms with Gasteiger partial charge in [-0.3, -0.25) is 14.4 Å². The van der Waals surface area contributed by atoms with Crippen LogP contribution in [0.3, 0.4) is 0 Å². The molecule has 4 aromatic rings. The lowest BCUT2D eigenvalue weighted by Gasteiger charge is -2.39. The summed E-state index contributed by atoms with van der Waals surface area (Å²) in [4.78, 5) is 46.9. The Morgan fingerprint density at radius 2 is 1.72 bits per heavy atom. The monoisotopic (exact) mass is 586 g/mol. The van der Waals surface area contributed by atoms with Gasteiger partial charge in [0.2, 0.25) is 5.91 Å². The van der Waals surface area contributed by atoms with Crippen LogP contribution in [0, 0.1) is 18.8 Å². The molecule has 6 heteroatoms. The molecule has 1 saturated heterocycles. The maximum absolute atomic E-state index is 15.0. The number of hydrogen-bond acceptors (Lipinski definition) is 5. The highest BCUT2D eigenvalue weighted by molar-refractivity contribution is 7.12. The zero-order chi connectivity index (χ0) is 30.0. The van der Waals surface area contributed by atoms with Crippen LogP contribution in [0.5, 0.6) is 0 Å². The van der Waals surface area contributed by atoms with Gasteiger partial charge >= 0.3 is 0 Å². The van der Waals surface area contributed by atoms with E-state index in [0.717, 1.165) is 39.9 Å². The van der Waals surface area contributed by atoms with Gasteiger partial charge in [-0.1, -0.05) is 80.1 Å². The molecule has 4 heterocycles. The first-order valence-electron chi connectivity index (χ1n) is 14.9. The summed E-state index contributed by atoms with van der Waals surface area (Å²) in [7, 11) is 0. The first kappa shape index (κ1) is 27.5. The lowest BCUT2D eigenvalue weighted by Crippen LogP contribution is -2.51. The van der Waals surface area contributed by atoms with Crippen LogP contribution in [0.2, 0.25) is 0 Å². The Morgan fingerprint density at radius 3 is 2.44 bits per heavy atom. The molecule has 3 aromatic carbocycles. The summed E-state index contributed by atoms with van der Waals surface area (Å²) < 4.78 is 0. The third-order valence-corrected chi connectivity index (χ3v) is 10.2. The number of thiophene rings is 1. The van der Waals surface area contributed by atoms with Gasteiger partial charge in [-0.15, -0.1) is 11.3 Å². The Balaban J connectivity index is 1.50. The summed E-state index contributed by atoms with van der Waals surface area (Å²) in [6.07, 6.45) is 3.02. The maximum atomic E-state index is 15.0. The summed E-state index contributed by atoms with van der Waals surface area (Å²) in [6, 6.07) is 23.9. The molecule has 3 aliphatic rings. The van der Waals surface area contributed by atoms with Crippen LogP contribution in [-0.2, 0) is 16.6 Å². The summed E-state index contributed by atoms with van der Waals surface area (Å²) in [5.41, 5.74) is 5.88. The van der Waals surface area contributed by atoms with Crippen molar-refractivity contribution in [3.63, 3.8) is 0 Å². The lowest BCUT2D eigenvalue weighted by molar-refractivity contribution is -0.121. The van der Waals surface area contributed by atoms with Crippen molar-refractivity contribution in [1.29, 1.82) is 0 Å². The topological polar surface area (TPSA) is 66.5 Å². The van der Waals surface area contributed by atoms with Crippen molar-refractivity contribution in [3.8, 4) is 0 Å². The molecule has 1 amide bonds. The summed E-state index contributed by atoms with van der Waals surface area (Å²) in [5.74, 6) is -1.03. The Labute approximate surface area is 256 Å². The molecule has 43 heavy (non-hydrogen) atoms. The predicted molar refractivity (Wildman–Crippen MR) is 173 cm³/mol. The second-order valence-corrected chi connectivity index (χ2v) is 13.5. The van der Waals surface area contributed by atoms with Crippen LogP contribution in [-0.4, -0.2) is 29.6 Å². The molecule has 1 N–H and O–H groups in total. The number of carbonyl (C=O) groups is 3. The number of carbonyl (C=O) groups excluding carboxylic acids is 3. The highest BCUT2D eigenvalue weighted by Gasteiger charge is 2.70. The van der Waals surface area contributed by atoms with Gasteiger partial charge in [0, 0.05) is 22.5 Å². The van der Waals surface area contributed by atoms with Crippen molar-refractivity contribution in [3.05, 3.63) is 123 Å². The van der Waals surface area contributed by atoms with Gasteiger partial charge in [0.1, 0.15) is 11.5 Å². The summed E-state index contributed by atoms with van der Waals surface area (Å²) in [5, 5.41) is 5.00. The van der Waals surface area contributed by atoms with Gasteiger partial charge in [-0.25, -0.2) is 0 Å². The highest BCUT2D eigenvalue weighted by Crippen LogP contribution is 2.59. The number of ketones is 2. The Kier molecular flexibility index (Phi) is 6.51. The van der Waals surface area contributed by atoms with E-state index in [1.165, 1.54) is 11.3 Å². The van der Waals surface area contributed by atoms with E-state index in [2.05, 4.69) is 50.1 Å². The number of nitrogens with one attached hydrogen (secondary N) is 1. The second kappa shape index (κ2) is 10.2. The molecule has 4 atom stereocenters. The molecule has 3 aliphatic heterocycles. The van der Waals surface area contributed by atoms with Crippen molar-refractivity contribution in [2.45, 2.75) is 51.6 Å². The van der Waals surface area contributed by atoms with E-state index in [9.17, 15) is 14.4 Å². The quantitative estimate of drug-likeness (QED) is 0.238. The molecule has 1 spiro atoms. The molecular weight excluding hydrogens is 552 g/mol. The highest BCUT2D eigenvalue weighted by atomic mass is 32.1. The summed E-state index contributed by atoms with van der Waals surface area (Å²) in [6.45, 7) is 8.45. The van der Waals surface area contributed by atoms with Crippen LogP contribution in [0.1, 0.15) is 63.1 Å². The third-order valence-electron chi connectivity index (χ3n) is 9.33. The van der Waals surface area contributed by atoms with E-state index in [1.807, 2.05) is 78.2 Å². The molecule has 1 fully saturated rings. The van der Waals surface area contributed by atoms with E-state index in [1.54, 1.807) is 0 Å². The lowest BCUT2D eigenvalue weighted by atomic mass is 9.64. The third kappa shape index (κ3) is 4.07. The molecule has 0 bridgehead atoms. The molecular formula is C37H34N2O3S. The molecule has 0 aliphatic carbocycles. The minimum Gasteiger partial charge on any atom is -0.352 e. The van der Waals surface area contributed by atoms with Gasteiger partial charge in [-0.2, -0.15) is 0 Å². The largest absolute Gasteiger partial charge is 0.352 e. The minimum atomic E-state index is -1.30. The number of anilines is 2. The van der Waals surface area contributed by atoms with Gasteiger partial charge in [0.15, 0.2) is 11.6 Å². The summed E-state index contributed by atoms with van der Waals surface area (Å²) >= 11 is 1.37. The molecule has 0 unspecified atom stereocenters. The van der Waals surface area contributed by atoms with Gasteiger partial charge in [-0.05, 0) is 72.5 Å². The zero-order valence-electron chi connectivity index (χ0n) is 24.8. The van der Waals surface area contributed by atoms with Crippen LogP contribution in [0.15, 0.2) is 90.3 Å². The smallest absolute Gasteiger partial charge is 0.238 e. The van der Waals surface area contributed by atoms with Crippen LogP contribution >= 0.6 is 11.3 Å². The Morgan fingerprint density at radius 1 is 0.953 bits per heavy atom. The number of benzene rings is 3. The van der Waals surface area contributed by atoms with E-state index in [0.29, 0.717) is 22.0 Å². The standard InChI is InChI=1S/C37H34N2O3S/c1-21(2)18-24-12-14-25(15-13-24)34(40)32-33(35(41)30-10-7-17-43-30)39-29-16-11-22(3)19-26(29)23(4)20-31(39)37(32)27-8-5-6-9-28(27)38-36(37)42/h5-17,19-21,31-33H,18H2,1-4H3,(H,38,42)/t31-,32-,33-,37+/m0/s1. The zero-order valence-corrected chi connectivity index (χ0v) is 25.6. The van der Waals surface area contributed by atoms with Crippen molar-refractivity contribution in [2.24, 2.45) is 11.8 Å². The SMILES string of the molecule is CC1=C[C@@H]2N(c3ccc(C)cc31)[C@H](C(=O)c1cccs1)[C@@H](C(=O)c1ccc(CC(C)C)cc1)[C@]21C(=O)Nc2ccccc21. The average molecular weight is 587 g/mol. The van der Waals surface area contributed by atoms with Crippen molar-refractivity contribution >= 4 is 45.8 Å². The molecule has 7 rings (SSSR count). The average Bonchev–Trinajstić information content (AvgIpc) is 3.70. The number of amides is 1. The van der Waals surface area contributed by atoms with E-state index in [4.69, 9.17) is 0 Å². The number of Topliss-reactive ketones (excluding diaryl/α,β-unsaturated/α-hetero) is 2. The fraction of sp³-hybridized carbons (Fsp3) is 0.270. The maximum Gasteiger partial charge on any atom is 0.238 e. The van der Waals surface area contributed by atoms with E-state index < -0.39 is 23.4 Å². The van der Waals surface area contributed by atoms with Gasteiger partial charge < -0.3 is 10.2 Å². The van der Waals surface area contributed by atoms with Crippen LogP contribution < -0.4 is 10.2 Å². The molecule has 5 nitrogen and oxygen atoms in total. The Bertz CT molecular complexity index is 1800. The number of para-hydroxylation sites is 1. The minimum absolute atomic E-state index is 0.136. The first-order valence-corrected chi connectivity index (χ1v) is 15.8. The fourth-order valence-corrected chi connectivity index (χ4v) is 8.26. The number of allylic oxidation sites excluding steroid dienone is 1. The molecule has 0 saturated carbocycles. The molecule has 0 radical (unpaired) electrons. The van der Waals surface area contributed by atoms with E-state index in [-0.39, 0.29) is 17.5 Å². The molecule has 216 valence electrons. The second-order valence-electron chi connectivity index (χ2n) is 12.5. The number of nitrogens with zero attached hydrogens (tertiary/aromatic N) is 1. The number of rotatable bonds is 6. The first-order chi connectivity index (χ1) is 20.7. The van der Waals surface area contributed by atoms with Crippen LogP contribution in [0.25, 0.3) is 5.57 Å². The molecule has 1 aromatic heterocycles. The van der Waals surface area contributed by atoms with Gasteiger partial charge in [0.05, 0.1) is 16.8 Å². The number of aryl methyl sites for hydroxylation is 1. The Hall–Kier alpha value is -4.29. The van der Waals surface area contributed by atoms with Crippen LogP contribution in [0.4, 0.5) is 11.4 Å². The van der Waals surface area contributed by atoms with Crippen molar-refractivity contribution in [1.82, 2.24) is 0 Å². The van der Waals surface area contributed by atoms with Crippen molar-refractivity contribution in [2.75, 3.05) is 10.2 Å².